The predicted molar refractivity (Wildman–Crippen MR) is 54.8 cm³/mol. The van der Waals surface area contributed by atoms with Gasteiger partial charge in [-0.2, -0.15) is 5.26 Å². The van der Waals surface area contributed by atoms with Gasteiger partial charge in [-0.1, -0.05) is 0 Å². The minimum atomic E-state index is -0.0230. The van der Waals surface area contributed by atoms with Gasteiger partial charge in [-0.05, 0) is 12.1 Å². The lowest BCUT2D eigenvalue weighted by Gasteiger charge is -1.98. The van der Waals surface area contributed by atoms with Crippen molar-refractivity contribution in [2.24, 2.45) is 10.7 Å². The lowest BCUT2D eigenvalue weighted by atomic mass is 10.2. The Labute approximate surface area is 86.3 Å². The van der Waals surface area contributed by atoms with Crippen molar-refractivity contribution in [3.05, 3.63) is 23.8 Å². The van der Waals surface area contributed by atoms with E-state index in [4.69, 9.17) is 22.6 Å². The molecular weight excluding hydrogens is 202 g/mol. The van der Waals surface area contributed by atoms with E-state index < -0.39 is 0 Å². The number of hydrogen-bond donors (Lipinski definition) is 2. The van der Waals surface area contributed by atoms with Gasteiger partial charge in [-0.3, -0.25) is 0 Å². The molecule has 0 unspecified atom stereocenters. The van der Waals surface area contributed by atoms with E-state index in [0.29, 0.717) is 11.3 Å². The van der Waals surface area contributed by atoms with Crippen molar-refractivity contribution in [1.29, 1.82) is 5.26 Å². The Bertz CT molecular complexity index is 409. The highest BCUT2D eigenvalue weighted by Gasteiger charge is 1.99. The number of alkyl halides is 1. The molecule has 1 aromatic rings. The number of benzene rings is 1. The molecule has 72 valence electrons. The Hall–Kier alpha value is -1.73. The van der Waals surface area contributed by atoms with E-state index in [2.05, 4.69) is 4.99 Å². The molecule has 0 bridgehead atoms. The highest BCUT2D eigenvalue weighted by atomic mass is 35.5. The van der Waals surface area contributed by atoms with Crippen molar-refractivity contribution in [2.75, 3.05) is 5.88 Å². The van der Waals surface area contributed by atoms with Crippen LogP contribution in [0.2, 0.25) is 0 Å². The molecule has 0 spiro atoms. The van der Waals surface area contributed by atoms with Crippen LogP contribution in [0.3, 0.4) is 0 Å². The number of aromatic hydroxyl groups is 1. The van der Waals surface area contributed by atoms with Gasteiger partial charge in [0, 0.05) is 6.07 Å². The Balaban J connectivity index is 3.11. The fourth-order valence-corrected chi connectivity index (χ4v) is 0.980. The Morgan fingerprint density at radius 2 is 2.29 bits per heavy atom. The monoisotopic (exact) mass is 209 g/mol. The van der Waals surface area contributed by atoms with E-state index in [1.54, 1.807) is 0 Å². The first-order valence-corrected chi connectivity index (χ1v) is 4.32. The highest BCUT2D eigenvalue weighted by Crippen LogP contribution is 2.21. The summed E-state index contributed by atoms with van der Waals surface area (Å²) in [6.07, 6.45) is 0. The SMILES string of the molecule is N#Cc1cc(O)cc(N=C(N)CCl)c1. The summed E-state index contributed by atoms with van der Waals surface area (Å²) in [5.41, 5.74) is 6.14. The molecule has 0 saturated carbocycles. The number of nitrogens with two attached hydrogens (primary N) is 1. The number of amidine groups is 1. The van der Waals surface area contributed by atoms with Crippen LogP contribution in [0.1, 0.15) is 5.56 Å². The minimum Gasteiger partial charge on any atom is -0.508 e. The maximum absolute atomic E-state index is 9.22. The molecule has 0 saturated heterocycles. The van der Waals surface area contributed by atoms with Crippen LogP contribution in [-0.4, -0.2) is 16.8 Å². The van der Waals surface area contributed by atoms with Crippen LogP contribution in [0, 0.1) is 11.3 Å². The van der Waals surface area contributed by atoms with Crippen LogP contribution >= 0.6 is 11.6 Å². The van der Waals surface area contributed by atoms with Crippen molar-refractivity contribution < 1.29 is 5.11 Å². The van der Waals surface area contributed by atoms with E-state index in [1.807, 2.05) is 6.07 Å². The molecule has 4 nitrogen and oxygen atoms in total. The molecule has 5 heteroatoms. The lowest BCUT2D eigenvalue weighted by molar-refractivity contribution is 0.475. The fourth-order valence-electron chi connectivity index (χ4n) is 0.920. The fraction of sp³-hybridized carbons (Fsp3) is 0.111. The van der Waals surface area contributed by atoms with Gasteiger partial charge in [-0.25, -0.2) is 4.99 Å². The van der Waals surface area contributed by atoms with Crippen LogP contribution in [-0.2, 0) is 0 Å². The Morgan fingerprint density at radius 3 is 2.86 bits per heavy atom. The minimum absolute atomic E-state index is 0.0230. The molecule has 3 N–H and O–H groups in total. The number of phenols is 1. The number of nitriles is 1. The summed E-state index contributed by atoms with van der Waals surface area (Å²) in [7, 11) is 0. The van der Waals surface area contributed by atoms with Crippen molar-refractivity contribution in [2.45, 2.75) is 0 Å². The summed E-state index contributed by atoms with van der Waals surface area (Å²) in [5, 5.41) is 17.8. The van der Waals surface area contributed by atoms with Crippen LogP contribution < -0.4 is 5.73 Å². The molecule has 1 rings (SSSR count). The van der Waals surface area contributed by atoms with Gasteiger partial charge in [0.05, 0.1) is 23.2 Å². The second kappa shape index (κ2) is 4.49. The molecule has 0 amide bonds. The number of halogens is 1. The molecule has 14 heavy (non-hydrogen) atoms. The third kappa shape index (κ3) is 2.64. The standard InChI is InChI=1S/C9H8ClN3O/c10-4-9(12)13-7-1-6(5-11)2-8(14)3-7/h1-3,14H,4H2,(H2,12,13). The number of hydrogen-bond acceptors (Lipinski definition) is 3. The van der Waals surface area contributed by atoms with Gasteiger partial charge in [0.15, 0.2) is 0 Å². The topological polar surface area (TPSA) is 82.4 Å². The first-order valence-electron chi connectivity index (χ1n) is 3.79. The number of aliphatic imine (C=N–C) groups is 1. The van der Waals surface area contributed by atoms with Crippen LogP contribution in [0.4, 0.5) is 5.69 Å². The van der Waals surface area contributed by atoms with Crippen LogP contribution in [0.25, 0.3) is 0 Å². The summed E-state index contributed by atoms with van der Waals surface area (Å²) in [6, 6.07) is 6.16. The van der Waals surface area contributed by atoms with E-state index in [9.17, 15) is 5.11 Å². The zero-order valence-corrected chi connectivity index (χ0v) is 7.99. The zero-order chi connectivity index (χ0) is 10.6. The maximum Gasteiger partial charge on any atom is 0.119 e. The smallest absolute Gasteiger partial charge is 0.119 e. The zero-order valence-electron chi connectivity index (χ0n) is 7.24. The molecule has 0 heterocycles. The first-order chi connectivity index (χ1) is 6.65. The molecule has 0 aromatic heterocycles. The Morgan fingerprint density at radius 1 is 1.57 bits per heavy atom. The molecule has 0 fully saturated rings. The summed E-state index contributed by atoms with van der Waals surface area (Å²) in [6.45, 7) is 0. The van der Waals surface area contributed by atoms with Crippen molar-refractivity contribution in [3.8, 4) is 11.8 Å². The average Bonchev–Trinajstić information content (AvgIpc) is 2.16. The summed E-state index contributed by atoms with van der Waals surface area (Å²) < 4.78 is 0. The quantitative estimate of drug-likeness (QED) is 0.440. The second-order valence-electron chi connectivity index (χ2n) is 2.59. The van der Waals surface area contributed by atoms with Gasteiger partial charge in [0.1, 0.15) is 11.6 Å². The van der Waals surface area contributed by atoms with Gasteiger partial charge in [0.2, 0.25) is 0 Å². The van der Waals surface area contributed by atoms with Crippen molar-refractivity contribution in [1.82, 2.24) is 0 Å². The van der Waals surface area contributed by atoms with Crippen LogP contribution in [0.5, 0.6) is 5.75 Å². The normalized spacial score (nSPS) is 11.0. The van der Waals surface area contributed by atoms with Crippen molar-refractivity contribution in [3.63, 3.8) is 0 Å². The first kappa shape index (κ1) is 10.4. The molecule has 0 atom stereocenters. The largest absolute Gasteiger partial charge is 0.508 e. The maximum atomic E-state index is 9.22. The number of nitrogens with zero attached hydrogens (tertiary/aromatic N) is 2. The lowest BCUT2D eigenvalue weighted by Crippen LogP contribution is -2.12. The third-order valence-corrected chi connectivity index (χ3v) is 1.72. The van der Waals surface area contributed by atoms with Gasteiger partial charge >= 0.3 is 0 Å². The molecule has 1 aromatic carbocycles. The van der Waals surface area contributed by atoms with Gasteiger partial charge in [-0.15, -0.1) is 11.6 Å². The van der Waals surface area contributed by atoms with E-state index >= 15 is 0 Å². The summed E-state index contributed by atoms with van der Waals surface area (Å²) in [5.74, 6) is 0.323. The van der Waals surface area contributed by atoms with Crippen LogP contribution in [0.15, 0.2) is 23.2 Å². The van der Waals surface area contributed by atoms with Gasteiger partial charge < -0.3 is 10.8 Å². The summed E-state index contributed by atoms with van der Waals surface area (Å²) in [4.78, 5) is 3.90. The number of rotatable bonds is 2. The van der Waals surface area contributed by atoms with E-state index in [0.717, 1.165) is 0 Å². The van der Waals surface area contributed by atoms with Gasteiger partial charge in [0.25, 0.3) is 0 Å². The number of phenolic OH excluding ortho intramolecular Hbond substituents is 1. The molecule has 0 aliphatic rings. The molecule has 0 aliphatic carbocycles. The molecule has 0 aliphatic heterocycles. The Kier molecular flexibility index (Phi) is 3.32. The third-order valence-electron chi connectivity index (χ3n) is 1.44. The summed E-state index contributed by atoms with van der Waals surface area (Å²) >= 11 is 5.43. The van der Waals surface area contributed by atoms with E-state index in [1.165, 1.54) is 18.2 Å². The highest BCUT2D eigenvalue weighted by molar-refractivity contribution is 6.28. The van der Waals surface area contributed by atoms with E-state index in [-0.39, 0.29) is 17.5 Å². The molecule has 0 radical (unpaired) electrons. The average molecular weight is 210 g/mol. The predicted octanol–water partition coefficient (Wildman–Crippen LogP) is 1.49. The molecular formula is C9H8ClN3O. The second-order valence-corrected chi connectivity index (χ2v) is 2.85. The van der Waals surface area contributed by atoms with Crippen molar-refractivity contribution >= 4 is 23.1 Å².